The molecule has 1 rings (SSSR count). The Kier molecular flexibility index (Phi) is 6.82. The summed E-state index contributed by atoms with van der Waals surface area (Å²) in [5.74, 6) is -1.37. The third-order valence-electron chi connectivity index (χ3n) is 4.07. The highest BCUT2D eigenvalue weighted by Crippen LogP contribution is 2.23. The van der Waals surface area contributed by atoms with E-state index in [1.54, 1.807) is 27.7 Å². The van der Waals surface area contributed by atoms with Crippen LogP contribution in [0.15, 0.2) is 0 Å². The van der Waals surface area contributed by atoms with Crippen molar-refractivity contribution >= 4 is 18.1 Å². The van der Waals surface area contributed by atoms with Crippen LogP contribution in [0.3, 0.4) is 0 Å². The summed E-state index contributed by atoms with van der Waals surface area (Å²) in [5, 5.41) is 12.9. The number of carbonyl (C=O) groups is 3. The van der Waals surface area contributed by atoms with E-state index in [-0.39, 0.29) is 18.6 Å². The average molecular weight is 358 g/mol. The zero-order valence-electron chi connectivity index (χ0n) is 16.0. The third-order valence-corrected chi connectivity index (χ3v) is 4.07. The summed E-state index contributed by atoms with van der Waals surface area (Å²) < 4.78 is 10.1. The molecule has 0 aromatic rings. The summed E-state index contributed by atoms with van der Waals surface area (Å²) in [6.07, 6.45) is -2.56. The van der Waals surface area contributed by atoms with Gasteiger partial charge in [0, 0.05) is 0 Å². The van der Waals surface area contributed by atoms with Crippen molar-refractivity contribution in [1.82, 2.24) is 10.2 Å². The molecule has 0 aliphatic carbocycles. The fraction of sp³-hybridized carbons (Fsp3) is 0.824. The van der Waals surface area contributed by atoms with Crippen molar-refractivity contribution in [2.75, 3.05) is 6.61 Å². The second-order valence-electron chi connectivity index (χ2n) is 7.81. The number of aliphatic hydroxyl groups excluding tert-OH is 1. The van der Waals surface area contributed by atoms with E-state index < -0.39 is 41.8 Å². The van der Waals surface area contributed by atoms with Crippen molar-refractivity contribution in [3.63, 3.8) is 0 Å². The molecule has 8 nitrogen and oxygen atoms in total. The Morgan fingerprint density at radius 2 is 1.84 bits per heavy atom. The number of imide groups is 1. The van der Waals surface area contributed by atoms with Gasteiger partial charge in [-0.3, -0.25) is 4.79 Å². The maximum atomic E-state index is 12.7. The summed E-state index contributed by atoms with van der Waals surface area (Å²) in [6.45, 7) is 12.2. The number of aliphatic hydroxyl groups is 1. The Balaban J connectivity index is 2.73. The Hall–Kier alpha value is -1.83. The van der Waals surface area contributed by atoms with Gasteiger partial charge in [0.2, 0.25) is 5.91 Å². The van der Waals surface area contributed by atoms with Gasteiger partial charge in [-0.05, 0) is 33.6 Å². The molecule has 8 heteroatoms. The first-order valence-corrected chi connectivity index (χ1v) is 8.52. The maximum Gasteiger partial charge on any atom is 0.416 e. The van der Waals surface area contributed by atoms with E-state index in [1.165, 1.54) is 6.92 Å². The second kappa shape index (κ2) is 8.03. The molecule has 2 N–H and O–H groups in total. The molecule has 1 fully saturated rings. The van der Waals surface area contributed by atoms with Crippen molar-refractivity contribution in [2.45, 2.75) is 72.3 Å². The molecule has 3 amide bonds. The first-order chi connectivity index (χ1) is 11.3. The standard InChI is InChI=1S/C17H30N2O6/c1-9(2)12-8-24-16(23)19(12)14(21)10(3)13(20)11(4)18-15(22)25-17(5,6)7/h9-13,20H,8H2,1-7H3,(H,18,22)/t10-,11+,12+,13-/m0/s1. The van der Waals surface area contributed by atoms with Crippen LogP contribution in [0.5, 0.6) is 0 Å². The number of hydrogen-bond donors (Lipinski definition) is 2. The number of alkyl carbamates (subject to hydrolysis) is 1. The average Bonchev–Trinajstić information content (AvgIpc) is 2.84. The van der Waals surface area contributed by atoms with E-state index in [1.807, 2.05) is 13.8 Å². The number of ether oxygens (including phenoxy) is 2. The van der Waals surface area contributed by atoms with Crippen molar-refractivity contribution in [3.05, 3.63) is 0 Å². The van der Waals surface area contributed by atoms with Crippen LogP contribution < -0.4 is 5.32 Å². The lowest BCUT2D eigenvalue weighted by molar-refractivity contribution is -0.137. The van der Waals surface area contributed by atoms with Gasteiger partial charge >= 0.3 is 12.2 Å². The lowest BCUT2D eigenvalue weighted by Gasteiger charge is -2.30. The molecule has 1 saturated heterocycles. The van der Waals surface area contributed by atoms with Gasteiger partial charge in [-0.1, -0.05) is 20.8 Å². The Bertz CT molecular complexity index is 514. The van der Waals surface area contributed by atoms with E-state index >= 15 is 0 Å². The predicted molar refractivity (Wildman–Crippen MR) is 90.8 cm³/mol. The Morgan fingerprint density at radius 1 is 1.28 bits per heavy atom. The summed E-state index contributed by atoms with van der Waals surface area (Å²) in [5.41, 5.74) is -0.667. The van der Waals surface area contributed by atoms with Crippen LogP contribution in [0, 0.1) is 11.8 Å². The number of carbonyl (C=O) groups excluding carboxylic acids is 3. The van der Waals surface area contributed by atoms with E-state index in [2.05, 4.69) is 5.32 Å². The van der Waals surface area contributed by atoms with Gasteiger partial charge in [0.25, 0.3) is 0 Å². The Labute approximate surface area is 148 Å². The molecule has 0 aromatic carbocycles. The zero-order chi connectivity index (χ0) is 19.5. The van der Waals surface area contributed by atoms with E-state index in [0.717, 1.165) is 4.90 Å². The lowest BCUT2D eigenvalue weighted by Crippen LogP contribution is -2.52. The van der Waals surface area contributed by atoms with Crippen molar-refractivity contribution in [1.29, 1.82) is 0 Å². The van der Waals surface area contributed by atoms with Gasteiger partial charge in [0.15, 0.2) is 0 Å². The maximum absolute atomic E-state index is 12.7. The molecule has 0 aromatic heterocycles. The predicted octanol–water partition coefficient (Wildman–Crippen LogP) is 1.90. The highest BCUT2D eigenvalue weighted by molar-refractivity contribution is 5.95. The SMILES string of the molecule is CC(C)[C@H]1COC(=O)N1C(=O)[C@@H](C)[C@H](O)[C@@H](C)NC(=O)OC(C)(C)C. The minimum Gasteiger partial charge on any atom is -0.447 e. The van der Waals surface area contributed by atoms with Crippen LogP contribution in [0.1, 0.15) is 48.5 Å². The van der Waals surface area contributed by atoms with Crippen LogP contribution in [0.2, 0.25) is 0 Å². The van der Waals surface area contributed by atoms with Gasteiger partial charge in [-0.25, -0.2) is 14.5 Å². The molecule has 0 bridgehead atoms. The van der Waals surface area contributed by atoms with Crippen LogP contribution in [0.25, 0.3) is 0 Å². The van der Waals surface area contributed by atoms with E-state index in [4.69, 9.17) is 9.47 Å². The molecule has 0 spiro atoms. The van der Waals surface area contributed by atoms with Crippen LogP contribution in [-0.2, 0) is 14.3 Å². The van der Waals surface area contributed by atoms with Crippen LogP contribution in [-0.4, -0.2) is 58.5 Å². The monoisotopic (exact) mass is 358 g/mol. The molecule has 4 atom stereocenters. The number of cyclic esters (lactones) is 1. The van der Waals surface area contributed by atoms with Gasteiger partial charge in [-0.15, -0.1) is 0 Å². The summed E-state index contributed by atoms with van der Waals surface area (Å²) in [7, 11) is 0. The van der Waals surface area contributed by atoms with E-state index in [0.29, 0.717) is 0 Å². The lowest BCUT2D eigenvalue weighted by atomic mass is 9.95. The van der Waals surface area contributed by atoms with E-state index in [9.17, 15) is 19.5 Å². The quantitative estimate of drug-likeness (QED) is 0.778. The number of nitrogens with zero attached hydrogens (tertiary/aromatic N) is 1. The summed E-state index contributed by atoms with van der Waals surface area (Å²) in [4.78, 5) is 37.4. The fourth-order valence-electron chi connectivity index (χ4n) is 2.56. The molecule has 25 heavy (non-hydrogen) atoms. The topological polar surface area (TPSA) is 105 Å². The second-order valence-corrected chi connectivity index (χ2v) is 7.81. The highest BCUT2D eigenvalue weighted by atomic mass is 16.6. The molecule has 144 valence electrons. The van der Waals surface area contributed by atoms with Gasteiger partial charge in [0.05, 0.1) is 24.1 Å². The third kappa shape index (κ3) is 5.59. The largest absolute Gasteiger partial charge is 0.447 e. The van der Waals surface area contributed by atoms with Gasteiger partial charge < -0.3 is 19.9 Å². The number of amides is 3. The molecule has 0 radical (unpaired) electrons. The normalized spacial score (nSPS) is 21.6. The smallest absolute Gasteiger partial charge is 0.416 e. The summed E-state index contributed by atoms with van der Waals surface area (Å²) >= 11 is 0. The fourth-order valence-corrected chi connectivity index (χ4v) is 2.56. The molecule has 0 saturated carbocycles. The number of rotatable bonds is 5. The van der Waals surface area contributed by atoms with Crippen molar-refractivity contribution in [3.8, 4) is 0 Å². The molecular weight excluding hydrogens is 328 g/mol. The zero-order valence-corrected chi connectivity index (χ0v) is 16.0. The van der Waals surface area contributed by atoms with Crippen LogP contribution >= 0.6 is 0 Å². The van der Waals surface area contributed by atoms with Gasteiger partial charge in [0.1, 0.15) is 12.2 Å². The minimum absolute atomic E-state index is 0.0389. The first kappa shape index (κ1) is 21.2. The highest BCUT2D eigenvalue weighted by Gasteiger charge is 2.43. The molecule has 1 aliphatic rings. The number of hydrogen-bond acceptors (Lipinski definition) is 6. The van der Waals surface area contributed by atoms with Crippen molar-refractivity contribution in [2.24, 2.45) is 11.8 Å². The van der Waals surface area contributed by atoms with Crippen molar-refractivity contribution < 1.29 is 29.0 Å². The summed E-state index contributed by atoms with van der Waals surface area (Å²) in [6, 6.07) is -1.09. The molecule has 0 unspecified atom stereocenters. The molecule has 1 heterocycles. The minimum atomic E-state index is -1.18. The van der Waals surface area contributed by atoms with Gasteiger partial charge in [-0.2, -0.15) is 0 Å². The number of nitrogens with one attached hydrogen (secondary N) is 1. The Morgan fingerprint density at radius 3 is 2.32 bits per heavy atom. The van der Waals surface area contributed by atoms with Crippen LogP contribution in [0.4, 0.5) is 9.59 Å². The molecular formula is C17H30N2O6. The molecule has 1 aliphatic heterocycles. The first-order valence-electron chi connectivity index (χ1n) is 8.52.